The molecule has 1 fully saturated rings. The van der Waals surface area contributed by atoms with Gasteiger partial charge in [0.2, 0.25) is 5.91 Å². The average molecular weight is 424 g/mol. The summed E-state index contributed by atoms with van der Waals surface area (Å²) in [4.78, 5) is 31.8. The van der Waals surface area contributed by atoms with Crippen molar-refractivity contribution in [3.8, 4) is 0 Å². The lowest BCUT2D eigenvalue weighted by molar-refractivity contribution is -0.118. The maximum atomic E-state index is 13.1. The van der Waals surface area contributed by atoms with Gasteiger partial charge in [-0.2, -0.15) is 0 Å². The fourth-order valence-corrected chi connectivity index (χ4v) is 4.55. The van der Waals surface area contributed by atoms with Crippen LogP contribution in [-0.4, -0.2) is 42.6 Å². The third kappa shape index (κ3) is 4.86. The van der Waals surface area contributed by atoms with E-state index in [2.05, 4.69) is 10.3 Å². The first-order valence-corrected chi connectivity index (χ1v) is 11.0. The maximum absolute atomic E-state index is 13.1. The Morgan fingerprint density at radius 2 is 2.10 bits per heavy atom. The van der Waals surface area contributed by atoms with E-state index in [9.17, 15) is 9.59 Å². The molecule has 0 bridgehead atoms. The van der Waals surface area contributed by atoms with Crippen LogP contribution in [0.3, 0.4) is 0 Å². The number of benzene rings is 2. The third-order valence-corrected chi connectivity index (χ3v) is 6.19. The number of nitrogens with zero attached hydrogens (tertiary/aromatic N) is 2. The topological polar surface area (TPSA) is 71.5 Å². The minimum Gasteiger partial charge on any atom is -0.376 e. The van der Waals surface area contributed by atoms with Crippen LogP contribution in [0.25, 0.3) is 10.2 Å². The zero-order chi connectivity index (χ0) is 20.9. The Morgan fingerprint density at radius 3 is 2.87 bits per heavy atom. The summed E-state index contributed by atoms with van der Waals surface area (Å²) >= 11 is 1.51. The second-order valence-corrected chi connectivity index (χ2v) is 8.49. The Hall–Kier alpha value is -2.77. The van der Waals surface area contributed by atoms with Crippen molar-refractivity contribution in [2.75, 3.05) is 24.6 Å². The zero-order valence-electron chi connectivity index (χ0n) is 17.0. The van der Waals surface area contributed by atoms with Gasteiger partial charge in [0.15, 0.2) is 5.13 Å². The predicted octanol–water partition coefficient (Wildman–Crippen LogP) is 3.94. The molecule has 3 aromatic rings. The summed E-state index contributed by atoms with van der Waals surface area (Å²) in [5, 5.41) is 3.53. The summed E-state index contributed by atoms with van der Waals surface area (Å²) in [6.07, 6.45) is 2.20. The normalized spacial score (nSPS) is 16.0. The first-order chi connectivity index (χ1) is 14.6. The third-order valence-electron chi connectivity index (χ3n) is 5.13. The van der Waals surface area contributed by atoms with Crippen LogP contribution >= 0.6 is 11.3 Å². The highest BCUT2D eigenvalue weighted by Gasteiger charge is 2.26. The molecule has 6 nitrogen and oxygen atoms in total. The van der Waals surface area contributed by atoms with Gasteiger partial charge in [-0.1, -0.05) is 41.2 Å². The second-order valence-electron chi connectivity index (χ2n) is 7.48. The van der Waals surface area contributed by atoms with Crippen LogP contribution in [0.2, 0.25) is 0 Å². The molecule has 0 spiro atoms. The van der Waals surface area contributed by atoms with Crippen LogP contribution in [0, 0.1) is 6.92 Å². The number of amides is 2. The highest BCUT2D eigenvalue weighted by Crippen LogP contribution is 2.30. The summed E-state index contributed by atoms with van der Waals surface area (Å²) in [5.41, 5.74) is 2.51. The molecule has 1 saturated heterocycles. The highest BCUT2D eigenvalue weighted by atomic mass is 32.1. The van der Waals surface area contributed by atoms with Crippen LogP contribution in [0.15, 0.2) is 48.5 Å². The number of nitrogens with one attached hydrogen (secondary N) is 1. The first kappa shape index (κ1) is 20.5. The summed E-state index contributed by atoms with van der Waals surface area (Å²) in [7, 11) is 0. The Labute approximate surface area is 179 Å². The van der Waals surface area contributed by atoms with E-state index in [1.807, 2.05) is 49.4 Å². The predicted molar refractivity (Wildman–Crippen MR) is 119 cm³/mol. The van der Waals surface area contributed by atoms with Gasteiger partial charge in [-0.25, -0.2) is 4.98 Å². The van der Waals surface area contributed by atoms with Gasteiger partial charge in [-0.3, -0.25) is 14.5 Å². The number of para-hydroxylation sites is 1. The molecule has 0 radical (unpaired) electrons. The summed E-state index contributed by atoms with van der Waals surface area (Å²) in [6.45, 7) is 3.45. The largest absolute Gasteiger partial charge is 0.376 e. The zero-order valence-corrected chi connectivity index (χ0v) is 17.8. The number of carbonyl (C=O) groups excluding carboxylic acids is 2. The number of anilines is 1. The van der Waals surface area contributed by atoms with Crippen molar-refractivity contribution in [2.45, 2.75) is 32.3 Å². The number of aromatic nitrogens is 1. The maximum Gasteiger partial charge on any atom is 0.251 e. The van der Waals surface area contributed by atoms with E-state index in [4.69, 9.17) is 4.74 Å². The Morgan fingerprint density at radius 1 is 1.23 bits per heavy atom. The summed E-state index contributed by atoms with van der Waals surface area (Å²) in [6, 6.07) is 15.3. The SMILES string of the molecule is Cc1cccc(C(=O)NCCC(=O)N(CC2CCCO2)c2nc3ccccc3s2)c1. The van der Waals surface area contributed by atoms with Gasteiger partial charge in [0.1, 0.15) is 0 Å². The lowest BCUT2D eigenvalue weighted by atomic mass is 10.1. The van der Waals surface area contributed by atoms with Crippen LogP contribution in [0.4, 0.5) is 5.13 Å². The van der Waals surface area contributed by atoms with Gasteiger partial charge in [0.25, 0.3) is 5.91 Å². The van der Waals surface area contributed by atoms with Crippen molar-refractivity contribution in [1.82, 2.24) is 10.3 Å². The molecule has 7 heteroatoms. The van der Waals surface area contributed by atoms with Crippen molar-refractivity contribution < 1.29 is 14.3 Å². The van der Waals surface area contributed by atoms with Crippen molar-refractivity contribution in [1.29, 1.82) is 0 Å². The highest BCUT2D eigenvalue weighted by molar-refractivity contribution is 7.22. The van der Waals surface area contributed by atoms with Crippen LogP contribution < -0.4 is 10.2 Å². The molecule has 2 heterocycles. The number of carbonyl (C=O) groups is 2. The molecule has 1 aliphatic rings. The van der Waals surface area contributed by atoms with Gasteiger partial charge in [0, 0.05) is 25.1 Å². The van der Waals surface area contributed by atoms with E-state index < -0.39 is 0 Å². The number of ether oxygens (including phenoxy) is 1. The lowest BCUT2D eigenvalue weighted by Crippen LogP contribution is -2.39. The standard InChI is InChI=1S/C23H25N3O3S/c1-16-6-4-7-17(14-16)22(28)24-12-11-21(27)26(15-18-8-5-13-29-18)23-25-19-9-2-3-10-20(19)30-23/h2-4,6-7,9-10,14,18H,5,8,11-13,15H2,1H3,(H,24,28). The van der Waals surface area contributed by atoms with E-state index in [0.717, 1.165) is 35.2 Å². The van der Waals surface area contributed by atoms with Gasteiger partial charge in [0.05, 0.1) is 22.9 Å². The van der Waals surface area contributed by atoms with E-state index in [1.165, 1.54) is 11.3 Å². The molecule has 1 aromatic heterocycles. The fraction of sp³-hybridized carbons (Fsp3) is 0.348. The van der Waals surface area contributed by atoms with Crippen molar-refractivity contribution in [3.05, 3.63) is 59.7 Å². The fourth-order valence-electron chi connectivity index (χ4n) is 3.56. The minimum atomic E-state index is -0.169. The van der Waals surface area contributed by atoms with Crippen molar-refractivity contribution >= 4 is 38.5 Å². The molecule has 2 aromatic carbocycles. The minimum absolute atomic E-state index is 0.0304. The Kier molecular flexibility index (Phi) is 6.40. The monoisotopic (exact) mass is 423 g/mol. The van der Waals surface area contributed by atoms with Gasteiger partial charge in [-0.15, -0.1) is 0 Å². The van der Waals surface area contributed by atoms with Crippen LogP contribution in [0.1, 0.15) is 35.2 Å². The van der Waals surface area contributed by atoms with E-state index in [0.29, 0.717) is 17.2 Å². The summed E-state index contributed by atoms with van der Waals surface area (Å²) < 4.78 is 6.80. The van der Waals surface area contributed by atoms with E-state index in [1.54, 1.807) is 11.0 Å². The number of fused-ring (bicyclic) bond motifs is 1. The van der Waals surface area contributed by atoms with Crippen molar-refractivity contribution in [2.24, 2.45) is 0 Å². The number of hydrogen-bond acceptors (Lipinski definition) is 5. The molecule has 0 saturated carbocycles. The number of thiazole rings is 1. The van der Waals surface area contributed by atoms with Crippen LogP contribution in [-0.2, 0) is 9.53 Å². The van der Waals surface area contributed by atoms with E-state index in [-0.39, 0.29) is 30.9 Å². The molecule has 4 rings (SSSR count). The molecule has 1 N–H and O–H groups in total. The van der Waals surface area contributed by atoms with E-state index >= 15 is 0 Å². The molecule has 156 valence electrons. The molecular formula is C23H25N3O3S. The molecule has 0 aliphatic carbocycles. The molecule has 1 unspecified atom stereocenters. The Balaban J connectivity index is 1.43. The molecular weight excluding hydrogens is 398 g/mol. The molecule has 30 heavy (non-hydrogen) atoms. The second kappa shape index (κ2) is 9.36. The molecule has 2 amide bonds. The van der Waals surface area contributed by atoms with Crippen molar-refractivity contribution in [3.63, 3.8) is 0 Å². The smallest absolute Gasteiger partial charge is 0.251 e. The number of hydrogen-bond donors (Lipinski definition) is 1. The average Bonchev–Trinajstić information content (AvgIpc) is 3.41. The Bertz CT molecular complexity index is 1010. The van der Waals surface area contributed by atoms with Crippen LogP contribution in [0.5, 0.6) is 0 Å². The van der Waals surface area contributed by atoms with Gasteiger partial charge in [-0.05, 0) is 44.0 Å². The molecule has 1 aliphatic heterocycles. The molecule has 1 atom stereocenters. The van der Waals surface area contributed by atoms with Gasteiger partial charge >= 0.3 is 0 Å². The lowest BCUT2D eigenvalue weighted by Gasteiger charge is -2.23. The quantitative estimate of drug-likeness (QED) is 0.625. The number of rotatable bonds is 7. The van der Waals surface area contributed by atoms with Gasteiger partial charge < -0.3 is 10.1 Å². The number of aryl methyl sites for hydroxylation is 1. The summed E-state index contributed by atoms with van der Waals surface area (Å²) in [5.74, 6) is -0.230. The first-order valence-electron chi connectivity index (χ1n) is 10.2.